The fraction of sp³-hybridized carbons (Fsp3) is 0.750. The number of imidazole rings is 1. The molecule has 1 unspecified atom stereocenters. The first-order valence-electron chi connectivity index (χ1n) is 10.2. The molecule has 1 spiro atoms. The molecule has 1 aromatic heterocycles. The van der Waals surface area contributed by atoms with Crippen molar-refractivity contribution in [3.63, 3.8) is 0 Å². The van der Waals surface area contributed by atoms with Crippen LogP contribution in [0.3, 0.4) is 0 Å². The summed E-state index contributed by atoms with van der Waals surface area (Å²) >= 11 is 0. The van der Waals surface area contributed by atoms with Crippen molar-refractivity contribution in [1.82, 2.24) is 19.4 Å². The fourth-order valence-corrected chi connectivity index (χ4v) is 4.18. The van der Waals surface area contributed by atoms with Crippen LogP contribution in [-0.4, -0.2) is 62.6 Å². The van der Waals surface area contributed by atoms with Crippen LogP contribution in [0.5, 0.6) is 0 Å². The number of amides is 2. The molecule has 3 rings (SSSR count). The van der Waals surface area contributed by atoms with Gasteiger partial charge in [-0.05, 0) is 26.7 Å². The maximum Gasteiger partial charge on any atom is 0.410 e. The Kier molecular flexibility index (Phi) is 6.07. The second-order valence-electron chi connectivity index (χ2n) is 7.97. The molecular weight excluding hydrogens is 344 g/mol. The number of hydrogen-bond acceptors (Lipinski definition) is 4. The highest BCUT2D eigenvalue weighted by molar-refractivity contribution is 5.76. The molecule has 2 aliphatic heterocycles. The SMILES string of the molecule is CCCC(C)N1CC2(CCN(C(=O)CCCn3ccnc3C)CC2)OC1=O. The van der Waals surface area contributed by atoms with Gasteiger partial charge in [0.1, 0.15) is 11.4 Å². The van der Waals surface area contributed by atoms with Crippen LogP contribution >= 0.6 is 0 Å². The second-order valence-corrected chi connectivity index (χ2v) is 7.97. The molecule has 2 aliphatic rings. The molecule has 0 aliphatic carbocycles. The summed E-state index contributed by atoms with van der Waals surface area (Å²) in [5.41, 5.74) is -0.399. The summed E-state index contributed by atoms with van der Waals surface area (Å²) in [4.78, 5) is 32.8. The number of aryl methyl sites for hydroxylation is 2. The number of aromatic nitrogens is 2. The zero-order valence-corrected chi connectivity index (χ0v) is 16.8. The summed E-state index contributed by atoms with van der Waals surface area (Å²) in [5, 5.41) is 0. The number of nitrogens with zero attached hydrogens (tertiary/aromatic N) is 4. The molecule has 0 saturated carbocycles. The van der Waals surface area contributed by atoms with Crippen LogP contribution in [0.15, 0.2) is 12.4 Å². The third-order valence-electron chi connectivity index (χ3n) is 5.98. The lowest BCUT2D eigenvalue weighted by atomic mass is 9.90. The van der Waals surface area contributed by atoms with Gasteiger partial charge in [-0.2, -0.15) is 0 Å². The molecule has 2 fully saturated rings. The van der Waals surface area contributed by atoms with Gasteiger partial charge in [0.25, 0.3) is 0 Å². The van der Waals surface area contributed by atoms with Gasteiger partial charge in [0.05, 0.1) is 6.54 Å². The second kappa shape index (κ2) is 8.31. The zero-order valence-electron chi connectivity index (χ0n) is 16.8. The summed E-state index contributed by atoms with van der Waals surface area (Å²) in [5.74, 6) is 1.18. The van der Waals surface area contributed by atoms with E-state index in [9.17, 15) is 9.59 Å². The topological polar surface area (TPSA) is 67.7 Å². The van der Waals surface area contributed by atoms with Gasteiger partial charge < -0.3 is 19.1 Å². The number of carbonyl (C=O) groups is 2. The monoisotopic (exact) mass is 376 g/mol. The smallest absolute Gasteiger partial charge is 0.410 e. The molecule has 0 bridgehead atoms. The van der Waals surface area contributed by atoms with Gasteiger partial charge >= 0.3 is 6.09 Å². The Bertz CT molecular complexity index is 664. The van der Waals surface area contributed by atoms with Crippen molar-refractivity contribution in [3.8, 4) is 0 Å². The van der Waals surface area contributed by atoms with E-state index in [4.69, 9.17) is 4.74 Å². The lowest BCUT2D eigenvalue weighted by molar-refractivity contribution is -0.134. The highest BCUT2D eigenvalue weighted by Crippen LogP contribution is 2.34. The van der Waals surface area contributed by atoms with Crippen LogP contribution in [0.25, 0.3) is 0 Å². The lowest BCUT2D eigenvalue weighted by Crippen LogP contribution is -2.49. The molecule has 7 nitrogen and oxygen atoms in total. The molecule has 7 heteroatoms. The Morgan fingerprint density at radius 2 is 2.11 bits per heavy atom. The third-order valence-corrected chi connectivity index (χ3v) is 5.98. The van der Waals surface area contributed by atoms with Gasteiger partial charge in [0, 0.05) is 57.3 Å². The Balaban J connectivity index is 1.45. The van der Waals surface area contributed by atoms with Crippen molar-refractivity contribution in [2.75, 3.05) is 19.6 Å². The van der Waals surface area contributed by atoms with E-state index in [-0.39, 0.29) is 18.0 Å². The van der Waals surface area contributed by atoms with E-state index >= 15 is 0 Å². The molecule has 2 amide bonds. The minimum absolute atomic E-state index is 0.188. The summed E-state index contributed by atoms with van der Waals surface area (Å²) in [6, 6.07) is 0.216. The molecular formula is C20H32N4O3. The molecule has 150 valence electrons. The van der Waals surface area contributed by atoms with Crippen molar-refractivity contribution < 1.29 is 14.3 Å². The standard InChI is InChI=1S/C20H32N4O3/c1-4-6-16(2)24-15-20(27-19(24)26)8-12-23(13-9-20)18(25)7-5-11-22-14-10-21-17(22)3/h10,14,16H,4-9,11-13,15H2,1-3H3. The average molecular weight is 377 g/mol. The van der Waals surface area contributed by atoms with E-state index < -0.39 is 5.60 Å². The van der Waals surface area contributed by atoms with Crippen molar-refractivity contribution in [2.24, 2.45) is 0 Å². The van der Waals surface area contributed by atoms with Crippen LogP contribution in [0.1, 0.15) is 58.2 Å². The normalized spacial score (nSPS) is 20.2. The number of rotatable bonds is 7. The van der Waals surface area contributed by atoms with Gasteiger partial charge in [-0.1, -0.05) is 13.3 Å². The van der Waals surface area contributed by atoms with Crippen LogP contribution in [0, 0.1) is 6.92 Å². The van der Waals surface area contributed by atoms with Crippen molar-refractivity contribution in [1.29, 1.82) is 0 Å². The largest absolute Gasteiger partial charge is 0.441 e. The summed E-state index contributed by atoms with van der Waals surface area (Å²) in [6.07, 6.45) is 8.43. The molecule has 27 heavy (non-hydrogen) atoms. The highest BCUT2D eigenvalue weighted by Gasteiger charge is 2.48. The van der Waals surface area contributed by atoms with Crippen molar-refractivity contribution in [2.45, 2.75) is 77.5 Å². The zero-order chi connectivity index (χ0) is 19.4. The fourth-order valence-electron chi connectivity index (χ4n) is 4.18. The van der Waals surface area contributed by atoms with Gasteiger partial charge in [0.2, 0.25) is 5.91 Å². The van der Waals surface area contributed by atoms with Crippen molar-refractivity contribution in [3.05, 3.63) is 18.2 Å². The van der Waals surface area contributed by atoms with Gasteiger partial charge in [0.15, 0.2) is 0 Å². The maximum atomic E-state index is 12.5. The van der Waals surface area contributed by atoms with Crippen LogP contribution in [0.4, 0.5) is 4.79 Å². The summed E-state index contributed by atoms with van der Waals surface area (Å²) < 4.78 is 7.85. The first kappa shape index (κ1) is 19.7. The molecule has 2 saturated heterocycles. The number of carbonyl (C=O) groups excluding carboxylic acids is 2. The van der Waals surface area contributed by atoms with Gasteiger partial charge in [-0.15, -0.1) is 0 Å². The predicted molar refractivity (Wildman–Crippen MR) is 102 cm³/mol. The molecule has 3 heterocycles. The molecule has 0 N–H and O–H groups in total. The predicted octanol–water partition coefficient (Wildman–Crippen LogP) is 2.97. The van der Waals surface area contributed by atoms with E-state index in [2.05, 4.69) is 23.4 Å². The van der Waals surface area contributed by atoms with Crippen molar-refractivity contribution >= 4 is 12.0 Å². The average Bonchev–Trinajstić information content (AvgIpc) is 3.19. The summed E-state index contributed by atoms with van der Waals surface area (Å²) in [7, 11) is 0. The number of hydrogen-bond donors (Lipinski definition) is 0. The quantitative estimate of drug-likeness (QED) is 0.734. The lowest BCUT2D eigenvalue weighted by Gasteiger charge is -2.37. The van der Waals surface area contributed by atoms with E-state index in [1.807, 2.05) is 22.9 Å². The first-order chi connectivity index (χ1) is 12.9. The third kappa shape index (κ3) is 4.45. The van der Waals surface area contributed by atoms with E-state index in [1.54, 1.807) is 6.20 Å². The minimum Gasteiger partial charge on any atom is -0.441 e. The molecule has 1 atom stereocenters. The Hall–Kier alpha value is -2.05. The Labute approximate surface area is 161 Å². The van der Waals surface area contributed by atoms with Gasteiger partial charge in [-0.25, -0.2) is 9.78 Å². The Morgan fingerprint density at radius 1 is 1.37 bits per heavy atom. The van der Waals surface area contributed by atoms with E-state index in [1.165, 1.54) is 0 Å². The number of ether oxygens (including phenoxy) is 1. The maximum absolute atomic E-state index is 12.5. The minimum atomic E-state index is -0.399. The van der Waals surface area contributed by atoms with Crippen LogP contribution in [0.2, 0.25) is 0 Å². The van der Waals surface area contributed by atoms with E-state index in [0.29, 0.717) is 26.1 Å². The van der Waals surface area contributed by atoms with Crippen LogP contribution in [-0.2, 0) is 16.1 Å². The first-order valence-corrected chi connectivity index (χ1v) is 10.2. The number of piperidine rings is 1. The van der Waals surface area contributed by atoms with Crippen LogP contribution < -0.4 is 0 Å². The molecule has 0 aromatic carbocycles. The molecule has 0 radical (unpaired) electrons. The van der Waals surface area contributed by atoms with Gasteiger partial charge in [-0.3, -0.25) is 4.79 Å². The Morgan fingerprint density at radius 3 is 2.74 bits per heavy atom. The number of likely N-dealkylation sites (tertiary alicyclic amines) is 1. The summed E-state index contributed by atoms with van der Waals surface area (Å²) in [6.45, 7) is 9.01. The molecule has 1 aromatic rings. The van der Waals surface area contributed by atoms with E-state index in [0.717, 1.165) is 44.5 Å². The highest BCUT2D eigenvalue weighted by atomic mass is 16.6.